The summed E-state index contributed by atoms with van der Waals surface area (Å²) in [6.45, 7) is 0. The zero-order valence-electron chi connectivity index (χ0n) is 6.68. The highest BCUT2D eigenvalue weighted by atomic mass is 35.5. The lowest BCUT2D eigenvalue weighted by atomic mass is 10.2. The summed E-state index contributed by atoms with van der Waals surface area (Å²) in [5.74, 6) is 0. The van der Waals surface area contributed by atoms with E-state index < -0.39 is 0 Å². The van der Waals surface area contributed by atoms with Gasteiger partial charge in [0.1, 0.15) is 0 Å². The molecule has 64 valence electrons. The average Bonchev–Trinajstić information content (AvgIpc) is 2.79. The summed E-state index contributed by atoms with van der Waals surface area (Å²) in [6, 6.07) is 6.18. The van der Waals surface area contributed by atoms with Crippen LogP contribution in [0.5, 0.6) is 0 Å². The molecule has 0 spiro atoms. The molecule has 1 aromatic rings. The van der Waals surface area contributed by atoms with Gasteiger partial charge in [-0.3, -0.25) is 0 Å². The summed E-state index contributed by atoms with van der Waals surface area (Å²) >= 11 is 5.76. The molecule has 0 amide bonds. The van der Waals surface area contributed by atoms with E-state index >= 15 is 0 Å². The summed E-state index contributed by atoms with van der Waals surface area (Å²) in [5, 5.41) is 4.02. The highest BCUT2D eigenvalue weighted by molar-refractivity contribution is 6.31. The van der Waals surface area contributed by atoms with Gasteiger partial charge in [-0.05, 0) is 31.0 Å². The summed E-state index contributed by atoms with van der Waals surface area (Å²) in [6.07, 6.45) is 2.50. The summed E-state index contributed by atoms with van der Waals surface area (Å²) < 4.78 is 0. The van der Waals surface area contributed by atoms with Crippen LogP contribution in [-0.2, 0) is 0 Å². The first-order chi connectivity index (χ1) is 5.75. The lowest BCUT2D eigenvalue weighted by Crippen LogP contribution is -2.03. The molecule has 1 saturated carbocycles. The van der Waals surface area contributed by atoms with Crippen molar-refractivity contribution in [2.45, 2.75) is 18.9 Å². The monoisotopic (exact) mass is 182 g/mol. The van der Waals surface area contributed by atoms with Crippen LogP contribution in [0.3, 0.4) is 0 Å². The minimum Gasteiger partial charge on any atom is -0.397 e. The quantitative estimate of drug-likeness (QED) is 0.690. The van der Waals surface area contributed by atoms with Crippen molar-refractivity contribution in [1.82, 2.24) is 0 Å². The van der Waals surface area contributed by atoms with Crippen molar-refractivity contribution in [3.8, 4) is 0 Å². The average molecular weight is 183 g/mol. The number of nitrogens with one attached hydrogen (secondary N) is 1. The molecule has 0 radical (unpaired) electrons. The van der Waals surface area contributed by atoms with Crippen LogP contribution in [0.25, 0.3) is 0 Å². The Bertz CT molecular complexity index is 295. The van der Waals surface area contributed by atoms with Gasteiger partial charge in [-0.2, -0.15) is 0 Å². The van der Waals surface area contributed by atoms with Crippen molar-refractivity contribution < 1.29 is 0 Å². The third-order valence-corrected chi connectivity index (χ3v) is 2.19. The summed E-state index contributed by atoms with van der Waals surface area (Å²) in [5.41, 5.74) is 7.48. The Kier molecular flexibility index (Phi) is 1.85. The Morgan fingerprint density at radius 2 is 2.17 bits per heavy atom. The molecular formula is C9H11ClN2. The number of nitrogens with two attached hydrogens (primary N) is 1. The van der Waals surface area contributed by atoms with E-state index in [1.54, 1.807) is 6.07 Å². The Morgan fingerprint density at radius 3 is 2.75 bits per heavy atom. The van der Waals surface area contributed by atoms with E-state index in [0.717, 1.165) is 11.4 Å². The molecule has 1 aliphatic rings. The molecule has 12 heavy (non-hydrogen) atoms. The maximum atomic E-state index is 5.76. The number of nitrogen functional groups attached to an aromatic ring is 1. The zero-order chi connectivity index (χ0) is 8.55. The van der Waals surface area contributed by atoms with Gasteiger partial charge in [0.05, 0.1) is 11.4 Å². The number of hydrogen-bond donors (Lipinski definition) is 2. The van der Waals surface area contributed by atoms with Gasteiger partial charge in [-0.25, -0.2) is 0 Å². The summed E-state index contributed by atoms with van der Waals surface area (Å²) in [7, 11) is 0. The fraction of sp³-hybridized carbons (Fsp3) is 0.333. The van der Waals surface area contributed by atoms with Gasteiger partial charge in [0.2, 0.25) is 0 Å². The number of hydrogen-bond acceptors (Lipinski definition) is 2. The molecule has 0 aromatic heterocycles. The predicted octanol–water partition coefficient (Wildman–Crippen LogP) is 2.50. The molecule has 2 rings (SSSR count). The Morgan fingerprint density at radius 1 is 1.42 bits per heavy atom. The Balaban J connectivity index is 2.18. The van der Waals surface area contributed by atoms with Crippen molar-refractivity contribution >= 4 is 23.0 Å². The molecule has 0 aliphatic heterocycles. The van der Waals surface area contributed by atoms with E-state index in [2.05, 4.69) is 5.32 Å². The largest absolute Gasteiger partial charge is 0.397 e. The Hall–Kier alpha value is -0.890. The lowest BCUT2D eigenvalue weighted by molar-refractivity contribution is 1.16. The molecule has 1 aliphatic carbocycles. The van der Waals surface area contributed by atoms with Crippen LogP contribution in [0.15, 0.2) is 18.2 Å². The van der Waals surface area contributed by atoms with Gasteiger partial charge in [0, 0.05) is 11.1 Å². The first kappa shape index (κ1) is 7.74. The zero-order valence-corrected chi connectivity index (χ0v) is 7.43. The van der Waals surface area contributed by atoms with Crippen molar-refractivity contribution in [2.24, 2.45) is 0 Å². The second-order valence-corrected chi connectivity index (χ2v) is 3.59. The van der Waals surface area contributed by atoms with Crippen molar-refractivity contribution in [3.05, 3.63) is 23.2 Å². The molecule has 0 unspecified atom stereocenters. The number of anilines is 2. The molecule has 0 atom stereocenters. The molecule has 0 saturated heterocycles. The van der Waals surface area contributed by atoms with E-state index in [1.165, 1.54) is 12.8 Å². The second-order valence-electron chi connectivity index (χ2n) is 3.15. The smallest absolute Gasteiger partial charge is 0.0577 e. The van der Waals surface area contributed by atoms with Crippen LogP contribution in [0.4, 0.5) is 11.4 Å². The van der Waals surface area contributed by atoms with Gasteiger partial charge in [-0.15, -0.1) is 0 Å². The molecule has 3 N–H and O–H groups in total. The van der Waals surface area contributed by atoms with Gasteiger partial charge in [0.15, 0.2) is 0 Å². The summed E-state index contributed by atoms with van der Waals surface area (Å²) in [4.78, 5) is 0. The third-order valence-electron chi connectivity index (χ3n) is 1.95. The van der Waals surface area contributed by atoms with Gasteiger partial charge in [-0.1, -0.05) is 11.6 Å². The molecular weight excluding hydrogens is 172 g/mol. The Labute approximate surface area is 76.7 Å². The number of benzene rings is 1. The predicted molar refractivity (Wildman–Crippen MR) is 52.5 cm³/mol. The lowest BCUT2D eigenvalue weighted by Gasteiger charge is -2.07. The molecule has 1 aromatic carbocycles. The maximum Gasteiger partial charge on any atom is 0.0577 e. The minimum atomic E-state index is 0.633. The van der Waals surface area contributed by atoms with E-state index in [4.69, 9.17) is 17.3 Å². The molecule has 0 heterocycles. The van der Waals surface area contributed by atoms with E-state index in [1.807, 2.05) is 12.1 Å². The molecule has 1 fully saturated rings. The van der Waals surface area contributed by atoms with E-state index in [-0.39, 0.29) is 0 Å². The standard InChI is InChI=1S/C9H11ClN2/c10-6-1-4-9(8(11)5-6)12-7-2-3-7/h1,4-5,7,12H,2-3,11H2. The van der Waals surface area contributed by atoms with Crippen molar-refractivity contribution in [3.63, 3.8) is 0 Å². The van der Waals surface area contributed by atoms with Gasteiger partial charge >= 0.3 is 0 Å². The number of rotatable bonds is 2. The van der Waals surface area contributed by atoms with Crippen molar-refractivity contribution in [1.29, 1.82) is 0 Å². The van der Waals surface area contributed by atoms with E-state index in [0.29, 0.717) is 11.1 Å². The first-order valence-electron chi connectivity index (χ1n) is 4.07. The van der Waals surface area contributed by atoms with Crippen molar-refractivity contribution in [2.75, 3.05) is 11.1 Å². The highest BCUT2D eigenvalue weighted by Gasteiger charge is 2.21. The maximum absolute atomic E-state index is 5.76. The van der Waals surface area contributed by atoms with Crippen LogP contribution >= 0.6 is 11.6 Å². The first-order valence-corrected chi connectivity index (χ1v) is 4.45. The van der Waals surface area contributed by atoms with E-state index in [9.17, 15) is 0 Å². The molecule has 0 bridgehead atoms. The van der Waals surface area contributed by atoms with Crippen LogP contribution in [0, 0.1) is 0 Å². The van der Waals surface area contributed by atoms with Gasteiger partial charge in [0.25, 0.3) is 0 Å². The van der Waals surface area contributed by atoms with Gasteiger partial charge < -0.3 is 11.1 Å². The SMILES string of the molecule is Nc1cc(Cl)ccc1NC1CC1. The van der Waals surface area contributed by atoms with Crippen LogP contribution in [0.2, 0.25) is 5.02 Å². The normalized spacial score (nSPS) is 16.1. The number of halogens is 1. The molecule has 3 heteroatoms. The van der Waals surface area contributed by atoms with Crippen LogP contribution < -0.4 is 11.1 Å². The minimum absolute atomic E-state index is 0.633. The van der Waals surface area contributed by atoms with Crippen LogP contribution in [-0.4, -0.2) is 6.04 Å². The van der Waals surface area contributed by atoms with Crippen LogP contribution in [0.1, 0.15) is 12.8 Å². The third kappa shape index (κ3) is 1.64. The fourth-order valence-corrected chi connectivity index (χ4v) is 1.29. The second kappa shape index (κ2) is 2.87. The highest BCUT2D eigenvalue weighted by Crippen LogP contribution is 2.29. The fourth-order valence-electron chi connectivity index (χ4n) is 1.11. The topological polar surface area (TPSA) is 38.0 Å². The molecule has 2 nitrogen and oxygen atoms in total.